The maximum Gasteiger partial charge on any atom is 0.416 e. The Morgan fingerprint density at radius 2 is 2.05 bits per heavy atom. The Labute approximate surface area is 117 Å². The molecule has 1 aliphatic rings. The summed E-state index contributed by atoms with van der Waals surface area (Å²) in [7, 11) is 0. The van der Waals surface area contributed by atoms with E-state index in [9.17, 15) is 14.7 Å². The summed E-state index contributed by atoms with van der Waals surface area (Å²) in [6, 6.07) is 6.83. The van der Waals surface area contributed by atoms with Gasteiger partial charge in [-0.1, -0.05) is 19.1 Å². The average molecular weight is 277 g/mol. The van der Waals surface area contributed by atoms with E-state index in [0.29, 0.717) is 17.8 Å². The first-order chi connectivity index (χ1) is 9.35. The molecule has 1 atom stereocenters. The van der Waals surface area contributed by atoms with Gasteiger partial charge in [-0.15, -0.1) is 0 Å². The van der Waals surface area contributed by atoms with E-state index in [1.54, 1.807) is 38.1 Å². The smallest absolute Gasteiger partial charge is 0.416 e. The number of fused-ring (bicyclic) bond motifs is 1. The third-order valence-electron chi connectivity index (χ3n) is 3.35. The molecule has 1 N–H and O–H groups in total. The van der Waals surface area contributed by atoms with Crippen LogP contribution in [0.4, 0.5) is 16.2 Å². The van der Waals surface area contributed by atoms with Crippen molar-refractivity contribution in [3.8, 4) is 0 Å². The molecule has 0 saturated carbocycles. The highest BCUT2D eigenvalue weighted by atomic mass is 16.6. The van der Waals surface area contributed by atoms with Gasteiger partial charge in [0.1, 0.15) is 5.60 Å². The lowest BCUT2D eigenvalue weighted by atomic mass is 10.1. The minimum Gasteiger partial charge on any atom is -0.546 e. The van der Waals surface area contributed by atoms with E-state index in [0.717, 1.165) is 4.90 Å². The lowest BCUT2D eigenvalue weighted by molar-refractivity contribution is -0.306. The number of amides is 1. The maximum atomic E-state index is 12.3. The van der Waals surface area contributed by atoms with Crippen LogP contribution in [-0.4, -0.2) is 23.8 Å². The fraction of sp³-hybridized carbons (Fsp3) is 0.429. The minimum absolute atomic E-state index is 0.471. The van der Waals surface area contributed by atoms with Crippen LogP contribution in [0, 0.1) is 0 Å². The van der Waals surface area contributed by atoms with Gasteiger partial charge < -0.3 is 20.0 Å². The fourth-order valence-corrected chi connectivity index (χ4v) is 1.88. The first kappa shape index (κ1) is 14.2. The molecule has 108 valence electrons. The molecule has 0 spiro atoms. The molecule has 1 amide bonds. The number of anilines is 2. The standard InChI is InChI=1S/C14H18N2O4/c1-4-14(2,3)20-13(19)16-10-8-6-5-7-9(10)15-11(16)12(17)18/h5-8,11,15H,4H2,1-3H3,(H,17,18)/p-1. The molecule has 0 aliphatic carbocycles. The summed E-state index contributed by atoms with van der Waals surface area (Å²) in [5.41, 5.74) is 0.372. The van der Waals surface area contributed by atoms with Crippen LogP contribution in [0.2, 0.25) is 0 Å². The second-order valence-electron chi connectivity index (χ2n) is 5.23. The van der Waals surface area contributed by atoms with Gasteiger partial charge in [-0.25, -0.2) is 9.69 Å². The zero-order valence-electron chi connectivity index (χ0n) is 11.7. The number of para-hydroxylation sites is 2. The van der Waals surface area contributed by atoms with E-state index < -0.39 is 23.8 Å². The highest BCUT2D eigenvalue weighted by Gasteiger charge is 2.37. The Hall–Kier alpha value is -2.24. The van der Waals surface area contributed by atoms with Crippen molar-refractivity contribution in [3.63, 3.8) is 0 Å². The quantitative estimate of drug-likeness (QED) is 0.901. The number of carbonyl (C=O) groups is 2. The van der Waals surface area contributed by atoms with E-state index >= 15 is 0 Å². The predicted octanol–water partition coefficient (Wildman–Crippen LogP) is 1.32. The summed E-state index contributed by atoms with van der Waals surface area (Å²) in [5, 5.41) is 13.9. The second-order valence-corrected chi connectivity index (χ2v) is 5.23. The molecular formula is C14H17N2O4-. The molecule has 1 unspecified atom stereocenters. The van der Waals surface area contributed by atoms with E-state index in [4.69, 9.17) is 4.74 Å². The number of nitrogens with zero attached hydrogens (tertiary/aromatic N) is 1. The molecule has 0 saturated heterocycles. The van der Waals surface area contributed by atoms with Crippen molar-refractivity contribution in [2.24, 2.45) is 0 Å². The average Bonchev–Trinajstić information content (AvgIpc) is 2.77. The molecule has 0 fully saturated rings. The van der Waals surface area contributed by atoms with Gasteiger partial charge in [0, 0.05) is 0 Å². The Morgan fingerprint density at radius 1 is 1.40 bits per heavy atom. The molecule has 6 heteroatoms. The van der Waals surface area contributed by atoms with Crippen molar-refractivity contribution in [2.75, 3.05) is 10.2 Å². The number of hydrogen-bond acceptors (Lipinski definition) is 5. The van der Waals surface area contributed by atoms with Crippen molar-refractivity contribution >= 4 is 23.4 Å². The predicted molar refractivity (Wildman–Crippen MR) is 72.2 cm³/mol. The van der Waals surface area contributed by atoms with Gasteiger partial charge in [0.2, 0.25) is 0 Å². The SMILES string of the molecule is CCC(C)(C)OC(=O)N1c2ccccc2NC1C(=O)[O-]. The molecule has 20 heavy (non-hydrogen) atoms. The first-order valence-electron chi connectivity index (χ1n) is 6.44. The monoisotopic (exact) mass is 277 g/mol. The number of ether oxygens (including phenoxy) is 1. The molecule has 6 nitrogen and oxygen atoms in total. The van der Waals surface area contributed by atoms with Gasteiger partial charge in [-0.05, 0) is 32.4 Å². The van der Waals surface area contributed by atoms with E-state index in [1.807, 2.05) is 6.92 Å². The van der Waals surface area contributed by atoms with E-state index in [1.165, 1.54) is 0 Å². The van der Waals surface area contributed by atoms with Gasteiger partial charge in [-0.2, -0.15) is 0 Å². The Bertz CT molecular complexity index is 542. The summed E-state index contributed by atoms with van der Waals surface area (Å²) in [6.45, 7) is 5.43. The van der Waals surface area contributed by atoms with Crippen LogP contribution in [0.1, 0.15) is 27.2 Å². The van der Waals surface area contributed by atoms with E-state index in [-0.39, 0.29) is 0 Å². The molecule has 1 heterocycles. The zero-order chi connectivity index (χ0) is 14.9. The van der Waals surface area contributed by atoms with Crippen molar-refractivity contribution < 1.29 is 19.4 Å². The van der Waals surface area contributed by atoms with Gasteiger partial charge in [-0.3, -0.25) is 0 Å². The van der Waals surface area contributed by atoms with E-state index in [2.05, 4.69) is 5.32 Å². The largest absolute Gasteiger partial charge is 0.546 e. The van der Waals surface area contributed by atoms with Crippen molar-refractivity contribution in [2.45, 2.75) is 39.0 Å². The van der Waals surface area contributed by atoms with Crippen molar-refractivity contribution in [1.82, 2.24) is 0 Å². The highest BCUT2D eigenvalue weighted by Crippen LogP contribution is 2.35. The molecule has 0 bridgehead atoms. The summed E-state index contributed by atoms with van der Waals surface area (Å²) in [5.74, 6) is -1.38. The number of aliphatic carboxylic acids is 1. The third-order valence-corrected chi connectivity index (χ3v) is 3.35. The van der Waals surface area contributed by atoms with Gasteiger partial charge in [0.05, 0.1) is 17.3 Å². The zero-order valence-corrected chi connectivity index (χ0v) is 11.7. The fourth-order valence-electron chi connectivity index (χ4n) is 1.88. The van der Waals surface area contributed by atoms with Gasteiger partial charge in [0.25, 0.3) is 0 Å². The second kappa shape index (κ2) is 5.03. The van der Waals surface area contributed by atoms with Crippen molar-refractivity contribution in [1.29, 1.82) is 0 Å². The topological polar surface area (TPSA) is 81.7 Å². The van der Waals surface area contributed by atoms with Gasteiger partial charge >= 0.3 is 6.09 Å². The molecule has 0 radical (unpaired) electrons. The molecule has 2 rings (SSSR count). The normalized spacial score (nSPS) is 17.4. The number of carboxylic acid groups (broad SMARTS) is 1. The molecule has 0 aromatic heterocycles. The van der Waals surface area contributed by atoms with Crippen LogP contribution in [0.5, 0.6) is 0 Å². The Kier molecular flexibility index (Phi) is 3.57. The van der Waals surface area contributed by atoms with Crippen LogP contribution in [-0.2, 0) is 9.53 Å². The number of carboxylic acids is 1. The Morgan fingerprint density at radius 3 is 2.65 bits per heavy atom. The summed E-state index contributed by atoms with van der Waals surface area (Å²) in [6.07, 6.45) is -1.34. The lowest BCUT2D eigenvalue weighted by Crippen LogP contribution is -2.53. The van der Waals surface area contributed by atoms with Crippen LogP contribution < -0.4 is 15.3 Å². The first-order valence-corrected chi connectivity index (χ1v) is 6.44. The Balaban J connectivity index is 2.31. The number of hydrogen-bond donors (Lipinski definition) is 1. The third kappa shape index (κ3) is 2.54. The van der Waals surface area contributed by atoms with Gasteiger partial charge in [0.15, 0.2) is 6.17 Å². The number of benzene rings is 1. The summed E-state index contributed by atoms with van der Waals surface area (Å²) < 4.78 is 5.36. The number of nitrogens with one attached hydrogen (secondary N) is 1. The highest BCUT2D eigenvalue weighted by molar-refractivity contribution is 6.02. The van der Waals surface area contributed by atoms with Crippen LogP contribution in [0.25, 0.3) is 0 Å². The number of rotatable bonds is 3. The van der Waals surface area contributed by atoms with Crippen LogP contribution in [0.15, 0.2) is 24.3 Å². The van der Waals surface area contributed by atoms with Crippen molar-refractivity contribution in [3.05, 3.63) is 24.3 Å². The summed E-state index contributed by atoms with van der Waals surface area (Å²) >= 11 is 0. The molecule has 1 aromatic rings. The summed E-state index contributed by atoms with van der Waals surface area (Å²) in [4.78, 5) is 24.5. The van der Waals surface area contributed by atoms with Crippen LogP contribution >= 0.6 is 0 Å². The van der Waals surface area contributed by atoms with Crippen LogP contribution in [0.3, 0.4) is 0 Å². The molecule has 1 aliphatic heterocycles. The number of carbonyl (C=O) groups excluding carboxylic acids is 2. The minimum atomic E-state index is -1.38. The maximum absolute atomic E-state index is 12.3. The molecular weight excluding hydrogens is 260 g/mol. The molecule has 1 aromatic carbocycles. The lowest BCUT2D eigenvalue weighted by Gasteiger charge is -2.30.